The molecule has 1 N–H and O–H groups in total. The number of rotatable bonds is 3. The molecule has 1 aromatic carbocycles. The lowest BCUT2D eigenvalue weighted by Gasteiger charge is -2.36. The molecule has 144 valence electrons. The summed E-state index contributed by atoms with van der Waals surface area (Å²) in [6.45, 7) is 1.62. The van der Waals surface area contributed by atoms with Crippen LogP contribution in [0.1, 0.15) is 35.3 Å². The van der Waals surface area contributed by atoms with Crippen molar-refractivity contribution in [1.82, 2.24) is 20.0 Å². The lowest BCUT2D eigenvalue weighted by Crippen LogP contribution is -2.53. The van der Waals surface area contributed by atoms with E-state index < -0.39 is 6.04 Å². The second-order valence-electron chi connectivity index (χ2n) is 7.13. The van der Waals surface area contributed by atoms with Crippen molar-refractivity contribution in [2.45, 2.75) is 25.3 Å². The maximum absolute atomic E-state index is 13.2. The highest BCUT2D eigenvalue weighted by atomic mass is 16.2. The van der Waals surface area contributed by atoms with Crippen LogP contribution in [-0.4, -0.2) is 57.5 Å². The number of aromatic nitrogens is 2. The van der Waals surface area contributed by atoms with E-state index in [1.54, 1.807) is 9.80 Å². The van der Waals surface area contributed by atoms with Gasteiger partial charge < -0.3 is 9.80 Å². The molecule has 2 aromatic rings. The van der Waals surface area contributed by atoms with Gasteiger partial charge in [0.25, 0.3) is 11.5 Å². The second-order valence-corrected chi connectivity index (χ2v) is 7.13. The summed E-state index contributed by atoms with van der Waals surface area (Å²) in [7, 11) is 0. The van der Waals surface area contributed by atoms with Gasteiger partial charge in [-0.2, -0.15) is 5.10 Å². The Kier molecular flexibility index (Phi) is 5.06. The third kappa shape index (κ3) is 3.60. The van der Waals surface area contributed by atoms with Gasteiger partial charge in [-0.25, -0.2) is 5.10 Å². The smallest absolute Gasteiger partial charge is 0.274 e. The number of likely N-dealkylation sites (tertiary alicyclic amines) is 1. The number of carbonyl (C=O) groups is 2. The average Bonchev–Trinajstić information content (AvgIpc) is 3.24. The van der Waals surface area contributed by atoms with Crippen LogP contribution in [-0.2, 0) is 4.79 Å². The van der Waals surface area contributed by atoms with E-state index >= 15 is 0 Å². The Morgan fingerprint density at radius 3 is 2.64 bits per heavy atom. The molecule has 28 heavy (non-hydrogen) atoms. The summed E-state index contributed by atoms with van der Waals surface area (Å²) in [5, 5.41) is 6.12. The molecule has 0 radical (unpaired) electrons. The standard InChI is InChI=1S/C21H22N4O3/c26-19-10-9-17(22-23-19)20(27)25-12-5-4-8-18(25)21(28)24-13-11-16(14-24)15-6-2-1-3-7-15/h1-3,6-7,9-11,18H,4-5,8,12-14H2,(H,23,26). The third-order valence-electron chi connectivity index (χ3n) is 5.32. The number of nitrogens with zero attached hydrogens (tertiary/aromatic N) is 3. The average molecular weight is 378 g/mol. The van der Waals surface area contributed by atoms with Crippen LogP contribution < -0.4 is 5.56 Å². The van der Waals surface area contributed by atoms with E-state index in [4.69, 9.17) is 0 Å². The van der Waals surface area contributed by atoms with Crippen molar-refractivity contribution in [2.75, 3.05) is 19.6 Å². The number of piperidine rings is 1. The normalized spacial score (nSPS) is 19.4. The van der Waals surface area contributed by atoms with Crippen molar-refractivity contribution >= 4 is 17.4 Å². The van der Waals surface area contributed by atoms with Gasteiger partial charge in [-0.3, -0.25) is 14.4 Å². The molecular formula is C21H22N4O3. The van der Waals surface area contributed by atoms with Gasteiger partial charge in [-0.15, -0.1) is 0 Å². The van der Waals surface area contributed by atoms with Crippen LogP contribution in [0.5, 0.6) is 0 Å². The molecule has 0 saturated carbocycles. The molecule has 0 aliphatic carbocycles. The van der Waals surface area contributed by atoms with Crippen LogP contribution in [0.4, 0.5) is 0 Å². The number of aromatic amines is 1. The number of amides is 2. The zero-order valence-corrected chi connectivity index (χ0v) is 15.5. The van der Waals surface area contributed by atoms with E-state index in [9.17, 15) is 14.4 Å². The van der Waals surface area contributed by atoms with Gasteiger partial charge in [0.15, 0.2) is 0 Å². The highest BCUT2D eigenvalue weighted by molar-refractivity contribution is 5.96. The van der Waals surface area contributed by atoms with Gasteiger partial charge in [0.1, 0.15) is 11.7 Å². The first-order valence-corrected chi connectivity index (χ1v) is 9.53. The van der Waals surface area contributed by atoms with Gasteiger partial charge in [0.2, 0.25) is 5.91 Å². The molecule has 7 heteroatoms. The number of hydrogen-bond donors (Lipinski definition) is 1. The quantitative estimate of drug-likeness (QED) is 0.881. The largest absolute Gasteiger partial charge is 0.333 e. The van der Waals surface area contributed by atoms with Gasteiger partial charge in [-0.05, 0) is 36.5 Å². The number of nitrogens with one attached hydrogen (secondary N) is 1. The summed E-state index contributed by atoms with van der Waals surface area (Å²) in [6, 6.07) is 12.2. The molecule has 1 unspecified atom stereocenters. The molecule has 2 aliphatic heterocycles. The third-order valence-corrected chi connectivity index (χ3v) is 5.32. The van der Waals surface area contributed by atoms with Gasteiger partial charge in [0, 0.05) is 25.7 Å². The summed E-state index contributed by atoms with van der Waals surface area (Å²) >= 11 is 0. The Hall–Kier alpha value is -3.22. The molecule has 0 spiro atoms. The van der Waals surface area contributed by atoms with E-state index in [1.165, 1.54) is 12.1 Å². The first-order valence-electron chi connectivity index (χ1n) is 9.53. The molecule has 4 rings (SSSR count). The monoisotopic (exact) mass is 378 g/mol. The van der Waals surface area contributed by atoms with Crippen molar-refractivity contribution < 1.29 is 9.59 Å². The Balaban J connectivity index is 1.49. The Labute approximate surface area is 162 Å². The van der Waals surface area contributed by atoms with Gasteiger partial charge in [-0.1, -0.05) is 36.4 Å². The van der Waals surface area contributed by atoms with Crippen molar-refractivity contribution in [3.63, 3.8) is 0 Å². The Morgan fingerprint density at radius 2 is 1.89 bits per heavy atom. The van der Waals surface area contributed by atoms with Crippen LogP contribution in [0.25, 0.3) is 5.57 Å². The molecule has 2 amide bonds. The summed E-state index contributed by atoms with van der Waals surface area (Å²) in [5.41, 5.74) is 2.04. The van der Waals surface area contributed by atoms with Crippen LogP contribution in [0.15, 0.2) is 53.3 Å². The van der Waals surface area contributed by atoms with E-state index in [2.05, 4.69) is 16.3 Å². The molecule has 3 heterocycles. The maximum atomic E-state index is 13.2. The second kappa shape index (κ2) is 7.80. The molecular weight excluding hydrogens is 356 g/mol. The van der Waals surface area contributed by atoms with Crippen LogP contribution >= 0.6 is 0 Å². The minimum atomic E-state index is -0.487. The SMILES string of the molecule is O=C(C1CCCCN1C(=O)c1ccc(=O)[nH]n1)N1CC=C(c2ccccc2)C1. The predicted octanol–water partition coefficient (Wildman–Crippen LogP) is 1.69. The Bertz CT molecular complexity index is 947. The summed E-state index contributed by atoms with van der Waals surface area (Å²) < 4.78 is 0. The fraction of sp³-hybridized carbons (Fsp3) is 0.333. The highest BCUT2D eigenvalue weighted by Gasteiger charge is 2.36. The van der Waals surface area contributed by atoms with Crippen molar-refractivity contribution in [1.29, 1.82) is 0 Å². The zero-order chi connectivity index (χ0) is 19.5. The number of benzene rings is 1. The first kappa shape index (κ1) is 18.2. The molecule has 2 aliphatic rings. The van der Waals surface area contributed by atoms with Crippen LogP contribution in [0, 0.1) is 0 Å². The Morgan fingerprint density at radius 1 is 1.07 bits per heavy atom. The topological polar surface area (TPSA) is 86.4 Å². The van der Waals surface area contributed by atoms with Crippen LogP contribution in [0.3, 0.4) is 0 Å². The van der Waals surface area contributed by atoms with E-state index in [0.717, 1.165) is 24.0 Å². The van der Waals surface area contributed by atoms with Crippen molar-refractivity contribution in [3.8, 4) is 0 Å². The van der Waals surface area contributed by atoms with Crippen molar-refractivity contribution in [3.05, 3.63) is 70.2 Å². The van der Waals surface area contributed by atoms with Crippen LogP contribution in [0.2, 0.25) is 0 Å². The number of H-pyrrole nitrogens is 1. The minimum absolute atomic E-state index is 0.0281. The van der Waals surface area contributed by atoms with E-state index in [1.807, 2.05) is 30.3 Å². The molecule has 1 aromatic heterocycles. The summed E-state index contributed by atoms with van der Waals surface area (Å²) in [5.74, 6) is -0.343. The summed E-state index contributed by atoms with van der Waals surface area (Å²) in [4.78, 5) is 40.7. The van der Waals surface area contributed by atoms with E-state index in [0.29, 0.717) is 26.1 Å². The van der Waals surface area contributed by atoms with Crippen molar-refractivity contribution in [2.24, 2.45) is 0 Å². The fourth-order valence-electron chi connectivity index (χ4n) is 3.84. The predicted molar refractivity (Wildman–Crippen MR) is 105 cm³/mol. The molecule has 1 fully saturated rings. The zero-order valence-electron chi connectivity index (χ0n) is 15.5. The summed E-state index contributed by atoms with van der Waals surface area (Å²) in [6.07, 6.45) is 4.48. The molecule has 1 atom stereocenters. The molecule has 1 saturated heterocycles. The lowest BCUT2D eigenvalue weighted by molar-refractivity contribution is -0.135. The maximum Gasteiger partial charge on any atom is 0.274 e. The lowest BCUT2D eigenvalue weighted by atomic mass is 10.00. The first-order chi connectivity index (χ1) is 13.6. The molecule has 0 bridgehead atoms. The van der Waals surface area contributed by atoms with E-state index in [-0.39, 0.29) is 23.1 Å². The van der Waals surface area contributed by atoms with Gasteiger partial charge >= 0.3 is 0 Å². The fourth-order valence-corrected chi connectivity index (χ4v) is 3.84. The minimum Gasteiger partial charge on any atom is -0.333 e. The number of carbonyl (C=O) groups excluding carboxylic acids is 2. The number of hydrogen-bond acceptors (Lipinski definition) is 4. The molecule has 7 nitrogen and oxygen atoms in total. The van der Waals surface area contributed by atoms with Gasteiger partial charge in [0.05, 0.1) is 0 Å². The highest BCUT2D eigenvalue weighted by Crippen LogP contribution is 2.25.